The monoisotopic (exact) mass is 246 g/mol. The molecule has 0 aliphatic carbocycles. The predicted molar refractivity (Wildman–Crippen MR) is 68.7 cm³/mol. The maximum absolute atomic E-state index is 10.8. The van der Waals surface area contributed by atoms with E-state index in [0.29, 0.717) is 11.3 Å². The summed E-state index contributed by atoms with van der Waals surface area (Å²) in [6, 6.07) is 10.5. The van der Waals surface area contributed by atoms with Gasteiger partial charge < -0.3 is 5.11 Å². The SMILES string of the molecule is Cc1cc(Cl)ccc1-c1ccc(O)c(C=O)c1. The molecule has 0 spiro atoms. The van der Waals surface area contributed by atoms with Crippen molar-refractivity contribution in [2.24, 2.45) is 0 Å². The van der Waals surface area contributed by atoms with Gasteiger partial charge in [-0.3, -0.25) is 4.79 Å². The van der Waals surface area contributed by atoms with Gasteiger partial charge >= 0.3 is 0 Å². The van der Waals surface area contributed by atoms with Crippen LogP contribution in [-0.4, -0.2) is 11.4 Å². The Morgan fingerprint density at radius 1 is 1.18 bits per heavy atom. The maximum Gasteiger partial charge on any atom is 0.153 e. The maximum atomic E-state index is 10.8. The molecule has 0 saturated carbocycles. The molecule has 2 aromatic rings. The number of phenols is 1. The highest BCUT2D eigenvalue weighted by atomic mass is 35.5. The summed E-state index contributed by atoms with van der Waals surface area (Å²) in [5.41, 5.74) is 3.20. The Hall–Kier alpha value is -1.80. The second-order valence-corrected chi connectivity index (χ2v) is 4.29. The molecule has 0 radical (unpaired) electrons. The molecule has 0 amide bonds. The van der Waals surface area contributed by atoms with E-state index in [1.807, 2.05) is 19.1 Å². The average molecular weight is 247 g/mol. The Morgan fingerprint density at radius 3 is 2.59 bits per heavy atom. The third kappa shape index (κ3) is 2.32. The summed E-state index contributed by atoms with van der Waals surface area (Å²) in [5.74, 6) is -0.00429. The number of aryl methyl sites for hydroxylation is 1. The van der Waals surface area contributed by atoms with Gasteiger partial charge in [-0.25, -0.2) is 0 Å². The normalized spacial score (nSPS) is 10.2. The first kappa shape index (κ1) is 11.7. The highest BCUT2D eigenvalue weighted by molar-refractivity contribution is 6.30. The number of rotatable bonds is 2. The lowest BCUT2D eigenvalue weighted by Crippen LogP contribution is -1.87. The first-order chi connectivity index (χ1) is 8.11. The van der Waals surface area contributed by atoms with Crippen molar-refractivity contribution in [2.45, 2.75) is 6.92 Å². The van der Waals surface area contributed by atoms with Gasteiger partial charge in [0.1, 0.15) is 5.75 Å². The van der Waals surface area contributed by atoms with Crippen LogP contribution in [-0.2, 0) is 0 Å². The Morgan fingerprint density at radius 2 is 1.94 bits per heavy atom. The lowest BCUT2D eigenvalue weighted by atomic mass is 9.99. The number of benzene rings is 2. The van der Waals surface area contributed by atoms with E-state index < -0.39 is 0 Å². The summed E-state index contributed by atoms with van der Waals surface area (Å²) in [6.45, 7) is 1.95. The van der Waals surface area contributed by atoms with E-state index in [0.717, 1.165) is 16.7 Å². The molecule has 3 heteroatoms. The zero-order valence-corrected chi connectivity index (χ0v) is 10.0. The first-order valence-corrected chi connectivity index (χ1v) is 5.54. The third-order valence-corrected chi connectivity index (χ3v) is 2.89. The summed E-state index contributed by atoms with van der Waals surface area (Å²) in [4.78, 5) is 10.8. The van der Waals surface area contributed by atoms with Crippen LogP contribution in [0.2, 0.25) is 5.02 Å². The number of carbonyl (C=O) groups excluding carboxylic acids is 1. The summed E-state index contributed by atoms with van der Waals surface area (Å²) in [7, 11) is 0. The van der Waals surface area contributed by atoms with E-state index in [9.17, 15) is 9.90 Å². The molecule has 0 bridgehead atoms. The number of aromatic hydroxyl groups is 1. The molecule has 0 atom stereocenters. The summed E-state index contributed by atoms with van der Waals surface area (Å²) >= 11 is 5.89. The molecule has 0 fully saturated rings. The summed E-state index contributed by atoms with van der Waals surface area (Å²) < 4.78 is 0. The Balaban J connectivity index is 2.56. The van der Waals surface area contributed by atoms with E-state index in [1.54, 1.807) is 18.2 Å². The van der Waals surface area contributed by atoms with Crippen LogP contribution in [0.1, 0.15) is 15.9 Å². The zero-order valence-electron chi connectivity index (χ0n) is 9.27. The van der Waals surface area contributed by atoms with Crippen molar-refractivity contribution in [1.29, 1.82) is 0 Å². The van der Waals surface area contributed by atoms with Gasteiger partial charge in [0.15, 0.2) is 6.29 Å². The molecule has 0 aliphatic heterocycles. The fourth-order valence-electron chi connectivity index (χ4n) is 1.77. The largest absolute Gasteiger partial charge is 0.507 e. The van der Waals surface area contributed by atoms with Crippen LogP contribution in [0.4, 0.5) is 0 Å². The van der Waals surface area contributed by atoms with Crippen LogP contribution in [0.25, 0.3) is 11.1 Å². The predicted octanol–water partition coefficient (Wildman–Crippen LogP) is 3.83. The number of hydrogen-bond donors (Lipinski definition) is 1. The number of halogens is 1. The molecule has 0 heterocycles. The number of phenolic OH excluding ortho intramolecular Hbond substituents is 1. The minimum absolute atomic E-state index is 0.00429. The van der Waals surface area contributed by atoms with Crippen LogP contribution in [0.15, 0.2) is 36.4 Å². The molecule has 0 unspecified atom stereocenters. The van der Waals surface area contributed by atoms with Crippen molar-refractivity contribution < 1.29 is 9.90 Å². The summed E-state index contributed by atoms with van der Waals surface area (Å²) in [6.07, 6.45) is 0.643. The van der Waals surface area contributed by atoms with Gasteiger partial charge in [0.2, 0.25) is 0 Å². The fourth-order valence-corrected chi connectivity index (χ4v) is 1.99. The average Bonchev–Trinajstić information content (AvgIpc) is 2.30. The van der Waals surface area contributed by atoms with Crippen LogP contribution in [0, 0.1) is 6.92 Å². The molecule has 1 N–H and O–H groups in total. The van der Waals surface area contributed by atoms with Crippen molar-refractivity contribution >= 4 is 17.9 Å². The number of carbonyl (C=O) groups is 1. The van der Waals surface area contributed by atoms with E-state index >= 15 is 0 Å². The highest BCUT2D eigenvalue weighted by Gasteiger charge is 2.06. The second-order valence-electron chi connectivity index (χ2n) is 3.85. The van der Waals surface area contributed by atoms with Crippen molar-refractivity contribution in [2.75, 3.05) is 0 Å². The summed E-state index contributed by atoms with van der Waals surface area (Å²) in [5, 5.41) is 10.1. The van der Waals surface area contributed by atoms with Crippen molar-refractivity contribution in [3.8, 4) is 16.9 Å². The van der Waals surface area contributed by atoms with Gasteiger partial charge in [-0.15, -0.1) is 0 Å². The molecular formula is C14H11ClO2. The quantitative estimate of drug-likeness (QED) is 0.818. The van der Waals surface area contributed by atoms with Gasteiger partial charge in [-0.05, 0) is 47.9 Å². The van der Waals surface area contributed by atoms with Crippen molar-refractivity contribution in [3.63, 3.8) is 0 Å². The molecule has 2 nitrogen and oxygen atoms in total. The van der Waals surface area contributed by atoms with Gasteiger partial charge in [-0.1, -0.05) is 23.7 Å². The van der Waals surface area contributed by atoms with Crippen LogP contribution >= 0.6 is 11.6 Å². The zero-order chi connectivity index (χ0) is 12.4. The van der Waals surface area contributed by atoms with Crippen LogP contribution < -0.4 is 0 Å². The van der Waals surface area contributed by atoms with E-state index in [2.05, 4.69) is 0 Å². The standard InChI is InChI=1S/C14H11ClO2/c1-9-6-12(15)3-4-13(9)10-2-5-14(17)11(7-10)8-16/h2-8,17H,1H3. The molecule has 0 saturated heterocycles. The number of aldehydes is 1. The lowest BCUT2D eigenvalue weighted by Gasteiger charge is -2.08. The van der Waals surface area contributed by atoms with Crippen LogP contribution in [0.3, 0.4) is 0 Å². The number of hydrogen-bond acceptors (Lipinski definition) is 2. The van der Waals surface area contributed by atoms with Gasteiger partial charge in [0.05, 0.1) is 5.56 Å². The molecular weight excluding hydrogens is 236 g/mol. The Bertz CT molecular complexity index is 576. The van der Waals surface area contributed by atoms with Gasteiger partial charge in [-0.2, -0.15) is 0 Å². The van der Waals surface area contributed by atoms with Crippen LogP contribution in [0.5, 0.6) is 5.75 Å². The lowest BCUT2D eigenvalue weighted by molar-refractivity contribution is 0.112. The highest BCUT2D eigenvalue weighted by Crippen LogP contribution is 2.28. The van der Waals surface area contributed by atoms with Gasteiger partial charge in [0.25, 0.3) is 0 Å². The molecule has 0 aromatic heterocycles. The molecule has 17 heavy (non-hydrogen) atoms. The first-order valence-electron chi connectivity index (χ1n) is 5.16. The third-order valence-electron chi connectivity index (χ3n) is 2.65. The minimum Gasteiger partial charge on any atom is -0.507 e. The van der Waals surface area contributed by atoms with Crippen molar-refractivity contribution in [1.82, 2.24) is 0 Å². The second kappa shape index (κ2) is 4.60. The fraction of sp³-hybridized carbons (Fsp3) is 0.0714. The minimum atomic E-state index is -0.00429. The molecule has 0 aliphatic rings. The molecule has 2 aromatic carbocycles. The van der Waals surface area contributed by atoms with Crippen molar-refractivity contribution in [3.05, 3.63) is 52.5 Å². The molecule has 86 valence electrons. The van der Waals surface area contributed by atoms with Gasteiger partial charge in [0, 0.05) is 5.02 Å². The van der Waals surface area contributed by atoms with E-state index in [-0.39, 0.29) is 11.3 Å². The van der Waals surface area contributed by atoms with E-state index in [4.69, 9.17) is 11.6 Å². The Kier molecular flexibility index (Phi) is 3.16. The topological polar surface area (TPSA) is 37.3 Å². The Labute approximate surface area is 104 Å². The smallest absolute Gasteiger partial charge is 0.153 e. The molecule has 2 rings (SSSR count). The van der Waals surface area contributed by atoms with E-state index in [1.165, 1.54) is 6.07 Å².